The van der Waals surface area contributed by atoms with Crippen LogP contribution in [0.1, 0.15) is 33.6 Å². The minimum atomic E-state index is 0.601. The fourth-order valence-corrected chi connectivity index (χ4v) is 3.52. The monoisotopic (exact) mass is 221 g/mol. The first-order valence-corrected chi connectivity index (χ1v) is 6.38. The molecule has 0 heterocycles. The van der Waals surface area contributed by atoms with Crippen LogP contribution in [0.2, 0.25) is 0 Å². The van der Waals surface area contributed by atoms with Crippen LogP contribution in [0.15, 0.2) is 16.8 Å². The summed E-state index contributed by atoms with van der Waals surface area (Å²) in [5.41, 5.74) is 1.61. The molecule has 3 aliphatic rings. The van der Waals surface area contributed by atoms with Gasteiger partial charge in [-0.2, -0.15) is 0 Å². The van der Waals surface area contributed by atoms with Crippen LogP contribution < -0.4 is 0 Å². The third-order valence-corrected chi connectivity index (χ3v) is 4.41. The highest BCUT2D eigenvalue weighted by Crippen LogP contribution is 2.49. The molecule has 0 radical (unpaired) electrons. The van der Waals surface area contributed by atoms with Crippen molar-refractivity contribution in [3.8, 4) is 0 Å². The van der Waals surface area contributed by atoms with E-state index < -0.39 is 0 Å². The Morgan fingerprint density at radius 1 is 1.44 bits per heavy atom. The topological polar surface area (TPSA) is 21.6 Å². The standard InChI is InChI=1S/C14H23NO/c1-9(2)13-6-11-5-10(3)14(13)7-12(11)8-15-16-4/h5,8-9,11-14H,6-7H2,1-4H3/b15-8+. The summed E-state index contributed by atoms with van der Waals surface area (Å²) >= 11 is 0. The molecule has 4 unspecified atom stereocenters. The van der Waals surface area contributed by atoms with Gasteiger partial charge in [0, 0.05) is 12.1 Å². The Bertz CT molecular complexity index is 306. The number of oxime groups is 1. The Labute approximate surface area is 98.7 Å². The maximum Gasteiger partial charge on any atom is 0.106 e. The van der Waals surface area contributed by atoms with E-state index in [1.807, 2.05) is 6.21 Å². The number of hydrogen-bond acceptors (Lipinski definition) is 2. The molecular formula is C14H23NO. The van der Waals surface area contributed by atoms with Crippen molar-refractivity contribution >= 4 is 6.21 Å². The van der Waals surface area contributed by atoms with Gasteiger partial charge in [-0.1, -0.05) is 30.7 Å². The molecule has 3 rings (SSSR count). The quantitative estimate of drug-likeness (QED) is 0.406. The molecule has 2 heteroatoms. The summed E-state index contributed by atoms with van der Waals surface area (Å²) in [5.74, 6) is 3.75. The lowest BCUT2D eigenvalue weighted by atomic mass is 9.58. The van der Waals surface area contributed by atoms with E-state index >= 15 is 0 Å². The zero-order valence-corrected chi connectivity index (χ0v) is 10.8. The summed E-state index contributed by atoms with van der Waals surface area (Å²) in [4.78, 5) is 4.80. The lowest BCUT2D eigenvalue weighted by molar-refractivity contribution is 0.132. The lowest BCUT2D eigenvalue weighted by Gasteiger charge is -2.46. The van der Waals surface area contributed by atoms with Gasteiger partial charge in [0.05, 0.1) is 0 Å². The van der Waals surface area contributed by atoms with Crippen molar-refractivity contribution in [2.45, 2.75) is 33.6 Å². The summed E-state index contributed by atoms with van der Waals surface area (Å²) in [6.45, 7) is 7.02. The third-order valence-electron chi connectivity index (χ3n) is 4.41. The molecule has 0 spiro atoms. The van der Waals surface area contributed by atoms with E-state index in [4.69, 9.17) is 4.84 Å². The van der Waals surface area contributed by atoms with E-state index in [1.165, 1.54) is 12.8 Å². The molecule has 90 valence electrons. The first-order valence-electron chi connectivity index (χ1n) is 6.38. The second-order valence-corrected chi connectivity index (χ2v) is 5.66. The van der Waals surface area contributed by atoms with Crippen molar-refractivity contribution in [2.24, 2.45) is 34.7 Å². The molecular weight excluding hydrogens is 198 g/mol. The van der Waals surface area contributed by atoms with Gasteiger partial charge >= 0.3 is 0 Å². The van der Waals surface area contributed by atoms with Crippen LogP contribution in [-0.4, -0.2) is 13.3 Å². The van der Waals surface area contributed by atoms with Gasteiger partial charge in [-0.3, -0.25) is 0 Å². The van der Waals surface area contributed by atoms with Crippen LogP contribution in [0.25, 0.3) is 0 Å². The molecule has 1 saturated carbocycles. The number of hydrogen-bond donors (Lipinski definition) is 0. The first kappa shape index (κ1) is 11.7. The van der Waals surface area contributed by atoms with E-state index in [9.17, 15) is 0 Å². The van der Waals surface area contributed by atoms with Crippen LogP contribution >= 0.6 is 0 Å². The van der Waals surface area contributed by atoms with Crippen LogP contribution in [-0.2, 0) is 4.84 Å². The van der Waals surface area contributed by atoms with Gasteiger partial charge in [-0.15, -0.1) is 0 Å². The Hall–Kier alpha value is -0.790. The van der Waals surface area contributed by atoms with Crippen molar-refractivity contribution in [1.82, 2.24) is 0 Å². The van der Waals surface area contributed by atoms with Gasteiger partial charge < -0.3 is 4.84 Å². The van der Waals surface area contributed by atoms with E-state index in [0.29, 0.717) is 11.8 Å². The number of rotatable bonds is 3. The number of fused-ring (bicyclic) bond motifs is 2. The van der Waals surface area contributed by atoms with Gasteiger partial charge in [-0.25, -0.2) is 0 Å². The highest BCUT2D eigenvalue weighted by molar-refractivity contribution is 5.62. The van der Waals surface area contributed by atoms with Crippen molar-refractivity contribution < 1.29 is 4.84 Å². The lowest BCUT2D eigenvalue weighted by Crippen LogP contribution is -2.39. The molecule has 0 N–H and O–H groups in total. The van der Waals surface area contributed by atoms with Crippen LogP contribution in [0.3, 0.4) is 0 Å². The molecule has 2 bridgehead atoms. The van der Waals surface area contributed by atoms with E-state index in [-0.39, 0.29) is 0 Å². The fraction of sp³-hybridized carbons (Fsp3) is 0.786. The Balaban J connectivity index is 2.13. The predicted octanol–water partition coefficient (Wildman–Crippen LogP) is 3.49. The van der Waals surface area contributed by atoms with Gasteiger partial charge in [0.25, 0.3) is 0 Å². The second kappa shape index (κ2) is 4.60. The SMILES string of the molecule is CO/N=C/C1CC2C(C)=CC1CC2C(C)C. The zero-order chi connectivity index (χ0) is 11.7. The van der Waals surface area contributed by atoms with Crippen molar-refractivity contribution in [3.05, 3.63) is 11.6 Å². The normalized spacial score (nSPS) is 38.2. The average Bonchev–Trinajstić information content (AvgIpc) is 2.26. The molecule has 3 aliphatic carbocycles. The minimum absolute atomic E-state index is 0.601. The Kier molecular flexibility index (Phi) is 3.36. The van der Waals surface area contributed by atoms with Crippen molar-refractivity contribution in [2.75, 3.05) is 7.11 Å². The highest BCUT2D eigenvalue weighted by atomic mass is 16.6. The van der Waals surface area contributed by atoms with Crippen molar-refractivity contribution in [3.63, 3.8) is 0 Å². The zero-order valence-electron chi connectivity index (χ0n) is 10.8. The summed E-state index contributed by atoms with van der Waals surface area (Å²) < 4.78 is 0. The molecule has 0 amide bonds. The third kappa shape index (κ3) is 2.02. The molecule has 4 atom stereocenters. The summed E-state index contributed by atoms with van der Waals surface area (Å²) in [6.07, 6.45) is 7.08. The van der Waals surface area contributed by atoms with Crippen LogP contribution in [0, 0.1) is 29.6 Å². The van der Waals surface area contributed by atoms with Gasteiger partial charge in [0.2, 0.25) is 0 Å². The van der Waals surface area contributed by atoms with Gasteiger partial charge in [0.15, 0.2) is 0 Å². The predicted molar refractivity (Wildman–Crippen MR) is 67.3 cm³/mol. The highest BCUT2D eigenvalue weighted by Gasteiger charge is 2.41. The summed E-state index contributed by atoms with van der Waals surface area (Å²) in [7, 11) is 1.62. The first-order chi connectivity index (χ1) is 7.63. The minimum Gasteiger partial charge on any atom is -0.399 e. The smallest absolute Gasteiger partial charge is 0.106 e. The molecule has 0 aromatic heterocycles. The number of nitrogens with zero attached hydrogens (tertiary/aromatic N) is 1. The molecule has 1 fully saturated rings. The molecule has 16 heavy (non-hydrogen) atoms. The largest absolute Gasteiger partial charge is 0.399 e. The molecule has 0 aromatic carbocycles. The summed E-state index contributed by atoms with van der Waals surface area (Å²) in [5, 5.41) is 3.95. The van der Waals surface area contributed by atoms with E-state index in [2.05, 4.69) is 32.0 Å². The van der Waals surface area contributed by atoms with Crippen molar-refractivity contribution in [1.29, 1.82) is 0 Å². The molecule has 2 nitrogen and oxygen atoms in total. The molecule has 0 aromatic rings. The number of allylic oxidation sites excluding steroid dienone is 2. The van der Waals surface area contributed by atoms with E-state index in [1.54, 1.807) is 12.7 Å². The maximum absolute atomic E-state index is 4.80. The summed E-state index contributed by atoms with van der Waals surface area (Å²) in [6, 6.07) is 0. The van der Waals surface area contributed by atoms with Gasteiger partial charge in [0.1, 0.15) is 7.11 Å². The second-order valence-electron chi connectivity index (χ2n) is 5.66. The van der Waals surface area contributed by atoms with Crippen LogP contribution in [0.4, 0.5) is 0 Å². The average molecular weight is 221 g/mol. The maximum atomic E-state index is 4.80. The van der Waals surface area contributed by atoms with Gasteiger partial charge in [-0.05, 0) is 43.4 Å². The Morgan fingerprint density at radius 2 is 2.19 bits per heavy atom. The van der Waals surface area contributed by atoms with Crippen LogP contribution in [0.5, 0.6) is 0 Å². The molecule has 0 saturated heterocycles. The van der Waals surface area contributed by atoms with E-state index in [0.717, 1.165) is 17.8 Å². The molecule has 0 aliphatic heterocycles. The fourth-order valence-electron chi connectivity index (χ4n) is 3.52. The Morgan fingerprint density at radius 3 is 2.75 bits per heavy atom.